The van der Waals surface area contributed by atoms with Gasteiger partial charge >= 0.3 is 5.97 Å². The van der Waals surface area contributed by atoms with Gasteiger partial charge < -0.3 is 4.74 Å². The lowest BCUT2D eigenvalue weighted by atomic mass is 10.1. The van der Waals surface area contributed by atoms with Gasteiger partial charge in [0.05, 0.1) is 12.1 Å². The number of nitrogens with zero attached hydrogens (tertiary/aromatic N) is 1. The number of ether oxygens (including phenoxy) is 1. The predicted octanol–water partition coefficient (Wildman–Crippen LogP) is 3.37. The van der Waals surface area contributed by atoms with Crippen LogP contribution >= 0.6 is 11.6 Å². The van der Waals surface area contributed by atoms with E-state index < -0.39 is 5.97 Å². The van der Waals surface area contributed by atoms with Crippen LogP contribution in [0.2, 0.25) is 5.02 Å². The summed E-state index contributed by atoms with van der Waals surface area (Å²) in [4.78, 5) is 16.0. The molecule has 0 atom stereocenters. The molecule has 0 aliphatic carbocycles. The summed E-state index contributed by atoms with van der Waals surface area (Å²) in [6, 6.07) is 7.33. The summed E-state index contributed by atoms with van der Waals surface area (Å²) in [6.45, 7) is 3.95. The average molecular weight is 250 g/mol. The van der Waals surface area contributed by atoms with Crippen LogP contribution in [0, 0.1) is 6.92 Å². The first-order valence-electron chi connectivity index (χ1n) is 5.36. The van der Waals surface area contributed by atoms with Gasteiger partial charge in [-0.1, -0.05) is 17.7 Å². The van der Waals surface area contributed by atoms with Crippen molar-refractivity contribution in [3.8, 4) is 0 Å². The predicted molar refractivity (Wildman–Crippen MR) is 67.4 cm³/mol. The zero-order valence-corrected chi connectivity index (χ0v) is 10.4. The molecule has 1 heterocycles. The number of carbonyl (C=O) groups is 1. The van der Waals surface area contributed by atoms with E-state index in [1.54, 1.807) is 19.1 Å². The highest BCUT2D eigenvalue weighted by atomic mass is 35.5. The summed E-state index contributed by atoms with van der Waals surface area (Å²) in [6.07, 6.45) is 0. The van der Waals surface area contributed by atoms with Gasteiger partial charge in [-0.2, -0.15) is 0 Å². The van der Waals surface area contributed by atoms with E-state index in [4.69, 9.17) is 16.3 Å². The number of fused-ring (bicyclic) bond motifs is 1. The molecule has 0 aliphatic heterocycles. The Balaban J connectivity index is 2.57. The summed E-state index contributed by atoms with van der Waals surface area (Å²) in [7, 11) is 0. The van der Waals surface area contributed by atoms with Crippen LogP contribution < -0.4 is 0 Å². The van der Waals surface area contributed by atoms with Crippen molar-refractivity contribution in [2.45, 2.75) is 13.8 Å². The molecule has 1 aromatic carbocycles. The van der Waals surface area contributed by atoms with Crippen molar-refractivity contribution in [1.82, 2.24) is 4.98 Å². The number of aromatic nitrogens is 1. The van der Waals surface area contributed by atoms with Gasteiger partial charge in [0.1, 0.15) is 0 Å². The molecule has 0 radical (unpaired) electrons. The molecule has 0 unspecified atom stereocenters. The smallest absolute Gasteiger partial charge is 0.357 e. The monoisotopic (exact) mass is 249 g/mol. The van der Waals surface area contributed by atoms with Crippen molar-refractivity contribution in [2.24, 2.45) is 0 Å². The maximum Gasteiger partial charge on any atom is 0.357 e. The van der Waals surface area contributed by atoms with Crippen LogP contribution in [0.1, 0.15) is 23.0 Å². The van der Waals surface area contributed by atoms with Crippen LogP contribution in [0.5, 0.6) is 0 Å². The summed E-state index contributed by atoms with van der Waals surface area (Å²) in [5.74, 6) is -0.396. The van der Waals surface area contributed by atoms with E-state index in [1.807, 2.05) is 19.1 Å². The molecule has 3 nitrogen and oxygen atoms in total. The van der Waals surface area contributed by atoms with Gasteiger partial charge in [-0.15, -0.1) is 0 Å². The minimum atomic E-state index is -0.396. The molecule has 4 heteroatoms. The quantitative estimate of drug-likeness (QED) is 0.766. The summed E-state index contributed by atoms with van der Waals surface area (Å²) in [5.41, 5.74) is 1.85. The summed E-state index contributed by atoms with van der Waals surface area (Å²) >= 11 is 5.90. The summed E-state index contributed by atoms with van der Waals surface area (Å²) < 4.78 is 4.95. The third-order valence-electron chi connectivity index (χ3n) is 2.44. The van der Waals surface area contributed by atoms with Gasteiger partial charge in [-0.05, 0) is 37.6 Å². The van der Waals surface area contributed by atoms with E-state index in [-0.39, 0.29) is 0 Å². The maximum atomic E-state index is 11.7. The fourth-order valence-corrected chi connectivity index (χ4v) is 1.82. The van der Waals surface area contributed by atoms with E-state index >= 15 is 0 Å². The second-order valence-corrected chi connectivity index (χ2v) is 4.15. The fourth-order valence-electron chi connectivity index (χ4n) is 1.65. The molecule has 0 saturated carbocycles. The Bertz CT molecular complexity index is 581. The van der Waals surface area contributed by atoms with Crippen LogP contribution in [0.4, 0.5) is 0 Å². The molecule has 88 valence electrons. The highest BCUT2D eigenvalue weighted by molar-refractivity contribution is 6.31. The Morgan fingerprint density at radius 1 is 1.41 bits per heavy atom. The van der Waals surface area contributed by atoms with E-state index in [0.717, 1.165) is 10.9 Å². The third-order valence-corrected chi connectivity index (χ3v) is 2.67. The van der Waals surface area contributed by atoms with Crippen LogP contribution in [-0.2, 0) is 4.74 Å². The molecule has 17 heavy (non-hydrogen) atoms. The van der Waals surface area contributed by atoms with Gasteiger partial charge in [0.25, 0.3) is 0 Å². The standard InChI is InChI=1S/C13H12ClNO2/c1-3-17-13(16)12-8(2)6-9-4-5-10(14)7-11(9)15-12/h4-7H,3H2,1-2H3. The Labute approximate surface area is 104 Å². The second-order valence-electron chi connectivity index (χ2n) is 3.71. The number of aryl methyl sites for hydroxylation is 1. The lowest BCUT2D eigenvalue weighted by molar-refractivity contribution is 0.0519. The number of hydrogen-bond donors (Lipinski definition) is 0. The molecule has 0 amide bonds. The van der Waals surface area contributed by atoms with Crippen molar-refractivity contribution >= 4 is 28.5 Å². The van der Waals surface area contributed by atoms with Crippen molar-refractivity contribution in [3.05, 3.63) is 40.5 Å². The van der Waals surface area contributed by atoms with Gasteiger partial charge in [-0.25, -0.2) is 9.78 Å². The van der Waals surface area contributed by atoms with Crippen molar-refractivity contribution in [1.29, 1.82) is 0 Å². The minimum Gasteiger partial charge on any atom is -0.461 e. The number of esters is 1. The molecular weight excluding hydrogens is 238 g/mol. The Kier molecular flexibility index (Phi) is 3.29. The first kappa shape index (κ1) is 11.9. The number of carbonyl (C=O) groups excluding carboxylic acids is 1. The first-order valence-corrected chi connectivity index (χ1v) is 5.73. The normalized spacial score (nSPS) is 10.5. The third kappa shape index (κ3) is 2.39. The maximum absolute atomic E-state index is 11.7. The molecule has 0 spiro atoms. The number of pyridine rings is 1. The molecule has 0 fully saturated rings. The Morgan fingerprint density at radius 3 is 2.88 bits per heavy atom. The van der Waals surface area contributed by atoms with Gasteiger partial charge in [0.15, 0.2) is 5.69 Å². The molecular formula is C13H12ClNO2. The lowest BCUT2D eigenvalue weighted by Gasteiger charge is -2.06. The molecule has 2 aromatic rings. The zero-order valence-electron chi connectivity index (χ0n) is 9.66. The minimum absolute atomic E-state index is 0.341. The number of rotatable bonds is 2. The van der Waals surface area contributed by atoms with E-state index in [9.17, 15) is 4.79 Å². The number of benzene rings is 1. The lowest BCUT2D eigenvalue weighted by Crippen LogP contribution is -2.09. The molecule has 0 aliphatic rings. The highest BCUT2D eigenvalue weighted by Crippen LogP contribution is 2.20. The van der Waals surface area contributed by atoms with Gasteiger partial charge in [0, 0.05) is 10.4 Å². The van der Waals surface area contributed by atoms with E-state index in [1.165, 1.54) is 0 Å². The molecule has 0 N–H and O–H groups in total. The summed E-state index contributed by atoms with van der Waals surface area (Å²) in [5, 5.41) is 1.56. The second kappa shape index (κ2) is 4.72. The van der Waals surface area contributed by atoms with Crippen LogP contribution in [0.25, 0.3) is 10.9 Å². The van der Waals surface area contributed by atoms with Crippen LogP contribution in [-0.4, -0.2) is 17.6 Å². The number of hydrogen-bond acceptors (Lipinski definition) is 3. The van der Waals surface area contributed by atoms with Crippen molar-refractivity contribution in [2.75, 3.05) is 6.61 Å². The van der Waals surface area contributed by atoms with Crippen molar-refractivity contribution in [3.63, 3.8) is 0 Å². The zero-order chi connectivity index (χ0) is 12.4. The average Bonchev–Trinajstić information content (AvgIpc) is 2.29. The SMILES string of the molecule is CCOC(=O)c1nc2cc(Cl)ccc2cc1C. The highest BCUT2D eigenvalue weighted by Gasteiger charge is 2.13. The topological polar surface area (TPSA) is 39.2 Å². The van der Waals surface area contributed by atoms with Crippen LogP contribution in [0.3, 0.4) is 0 Å². The molecule has 0 bridgehead atoms. The molecule has 2 rings (SSSR count). The number of halogens is 1. The Morgan fingerprint density at radius 2 is 2.18 bits per heavy atom. The van der Waals surface area contributed by atoms with Gasteiger partial charge in [0.2, 0.25) is 0 Å². The van der Waals surface area contributed by atoms with E-state index in [2.05, 4.69) is 4.98 Å². The first-order chi connectivity index (χ1) is 8.11. The molecule has 1 aromatic heterocycles. The fraction of sp³-hybridized carbons (Fsp3) is 0.231. The van der Waals surface area contributed by atoms with E-state index in [0.29, 0.717) is 22.8 Å². The van der Waals surface area contributed by atoms with Gasteiger partial charge in [-0.3, -0.25) is 0 Å². The van der Waals surface area contributed by atoms with Crippen molar-refractivity contribution < 1.29 is 9.53 Å². The van der Waals surface area contributed by atoms with Crippen LogP contribution in [0.15, 0.2) is 24.3 Å². The largest absolute Gasteiger partial charge is 0.461 e. The Hall–Kier alpha value is -1.61. The molecule has 0 saturated heterocycles.